The van der Waals surface area contributed by atoms with Crippen LogP contribution in [0.1, 0.15) is 23.2 Å². The van der Waals surface area contributed by atoms with Crippen LogP contribution in [-0.4, -0.2) is 44.1 Å². The summed E-state index contributed by atoms with van der Waals surface area (Å²) >= 11 is 0. The van der Waals surface area contributed by atoms with Crippen LogP contribution in [0.25, 0.3) is 0 Å². The minimum Gasteiger partial charge on any atom is -0.490 e. The van der Waals surface area contributed by atoms with Crippen LogP contribution < -0.4 is 10.1 Å². The van der Waals surface area contributed by atoms with Crippen LogP contribution in [0.2, 0.25) is 0 Å². The van der Waals surface area contributed by atoms with Crippen LogP contribution >= 0.6 is 0 Å². The monoisotopic (exact) mass is 248 g/mol. The van der Waals surface area contributed by atoms with E-state index in [4.69, 9.17) is 4.74 Å². The molecule has 1 fully saturated rings. The number of nitrogens with zero attached hydrogens (tertiary/aromatic N) is 1. The summed E-state index contributed by atoms with van der Waals surface area (Å²) < 4.78 is 5.89. The van der Waals surface area contributed by atoms with Crippen LogP contribution in [0.5, 0.6) is 5.75 Å². The van der Waals surface area contributed by atoms with Crippen molar-refractivity contribution >= 4 is 5.91 Å². The fraction of sp³-hybridized carbons (Fsp3) is 0.500. The lowest BCUT2D eigenvalue weighted by Crippen LogP contribution is -2.34. The van der Waals surface area contributed by atoms with Crippen molar-refractivity contribution in [1.29, 1.82) is 0 Å². The molecule has 4 nitrogen and oxygen atoms in total. The number of hydrogen-bond acceptors (Lipinski definition) is 3. The minimum absolute atomic E-state index is 0.0171. The first kappa shape index (κ1) is 12.9. The highest BCUT2D eigenvalue weighted by atomic mass is 16.5. The summed E-state index contributed by atoms with van der Waals surface area (Å²) in [6.07, 6.45) is 2.37. The standard InChI is InChI=1S/C14H20N2O2/c1-16(2)14(17)11-3-5-12(6-4-11)18-13-7-9-15-10-8-13/h3-6,13,15H,7-10H2,1-2H3. The van der Waals surface area contributed by atoms with Crippen LogP contribution in [-0.2, 0) is 0 Å². The summed E-state index contributed by atoms with van der Waals surface area (Å²) in [5.74, 6) is 0.862. The van der Waals surface area contributed by atoms with Crippen molar-refractivity contribution in [1.82, 2.24) is 10.2 Å². The topological polar surface area (TPSA) is 41.6 Å². The molecule has 18 heavy (non-hydrogen) atoms. The quantitative estimate of drug-likeness (QED) is 0.881. The lowest BCUT2D eigenvalue weighted by molar-refractivity contribution is 0.0827. The van der Waals surface area contributed by atoms with E-state index in [2.05, 4.69) is 5.32 Å². The lowest BCUT2D eigenvalue weighted by atomic mass is 10.1. The molecule has 1 N–H and O–H groups in total. The van der Waals surface area contributed by atoms with Gasteiger partial charge in [-0.25, -0.2) is 0 Å². The summed E-state index contributed by atoms with van der Waals surface area (Å²) in [5, 5.41) is 3.31. The highest BCUT2D eigenvalue weighted by Gasteiger charge is 2.14. The van der Waals surface area contributed by atoms with Gasteiger partial charge in [0.05, 0.1) is 0 Å². The normalized spacial score (nSPS) is 16.3. The summed E-state index contributed by atoms with van der Waals surface area (Å²) in [4.78, 5) is 13.3. The van der Waals surface area contributed by atoms with Crippen LogP contribution in [0.15, 0.2) is 24.3 Å². The number of carbonyl (C=O) groups excluding carboxylic acids is 1. The second-order valence-electron chi connectivity index (χ2n) is 4.79. The molecule has 0 radical (unpaired) electrons. The maximum atomic E-state index is 11.7. The van der Waals surface area contributed by atoms with Gasteiger partial charge in [0.2, 0.25) is 0 Å². The van der Waals surface area contributed by atoms with Gasteiger partial charge in [-0.2, -0.15) is 0 Å². The fourth-order valence-electron chi connectivity index (χ4n) is 2.04. The van der Waals surface area contributed by atoms with Gasteiger partial charge in [0.15, 0.2) is 0 Å². The molecule has 0 unspecified atom stereocenters. The highest BCUT2D eigenvalue weighted by molar-refractivity contribution is 5.93. The molecule has 0 spiro atoms. The zero-order chi connectivity index (χ0) is 13.0. The molecule has 1 heterocycles. The third kappa shape index (κ3) is 3.23. The molecular weight excluding hydrogens is 228 g/mol. The summed E-state index contributed by atoms with van der Waals surface area (Å²) in [6.45, 7) is 2.03. The van der Waals surface area contributed by atoms with Gasteiger partial charge in [-0.15, -0.1) is 0 Å². The number of hydrogen-bond donors (Lipinski definition) is 1. The van der Waals surface area contributed by atoms with Crippen molar-refractivity contribution in [3.05, 3.63) is 29.8 Å². The van der Waals surface area contributed by atoms with Gasteiger partial charge < -0.3 is 15.0 Å². The molecule has 0 saturated carbocycles. The molecule has 4 heteroatoms. The summed E-state index contributed by atoms with van der Waals surface area (Å²) in [6, 6.07) is 7.38. The Morgan fingerprint density at radius 3 is 2.39 bits per heavy atom. The maximum Gasteiger partial charge on any atom is 0.253 e. The Kier molecular flexibility index (Phi) is 4.20. The maximum absolute atomic E-state index is 11.7. The van der Waals surface area contributed by atoms with Crippen molar-refractivity contribution in [3.63, 3.8) is 0 Å². The van der Waals surface area contributed by atoms with E-state index in [0.29, 0.717) is 11.7 Å². The van der Waals surface area contributed by atoms with Crippen LogP contribution in [0.3, 0.4) is 0 Å². The average Bonchev–Trinajstić information content (AvgIpc) is 2.40. The van der Waals surface area contributed by atoms with Gasteiger partial charge in [-0.05, 0) is 50.2 Å². The third-order valence-electron chi connectivity index (χ3n) is 3.10. The van der Waals surface area contributed by atoms with Crippen molar-refractivity contribution in [2.75, 3.05) is 27.2 Å². The summed E-state index contributed by atoms with van der Waals surface area (Å²) in [7, 11) is 3.50. The Labute approximate surface area is 108 Å². The SMILES string of the molecule is CN(C)C(=O)c1ccc(OC2CCNCC2)cc1. The summed E-state index contributed by atoms with van der Waals surface area (Å²) in [5.41, 5.74) is 0.692. The zero-order valence-electron chi connectivity index (χ0n) is 11.0. The van der Waals surface area contributed by atoms with Gasteiger partial charge in [0.1, 0.15) is 11.9 Å². The fourth-order valence-corrected chi connectivity index (χ4v) is 2.04. The second-order valence-corrected chi connectivity index (χ2v) is 4.79. The van der Waals surface area contributed by atoms with E-state index in [0.717, 1.165) is 31.7 Å². The number of rotatable bonds is 3. The predicted molar refractivity (Wildman–Crippen MR) is 71.0 cm³/mol. The second kappa shape index (κ2) is 5.87. The molecule has 1 saturated heterocycles. The van der Waals surface area contributed by atoms with Gasteiger partial charge in [0, 0.05) is 19.7 Å². The number of benzene rings is 1. The van der Waals surface area contributed by atoms with Gasteiger partial charge >= 0.3 is 0 Å². The first-order valence-corrected chi connectivity index (χ1v) is 6.36. The highest BCUT2D eigenvalue weighted by Crippen LogP contribution is 2.17. The predicted octanol–water partition coefficient (Wildman–Crippen LogP) is 1.52. The third-order valence-corrected chi connectivity index (χ3v) is 3.10. The molecule has 1 aromatic carbocycles. The zero-order valence-corrected chi connectivity index (χ0v) is 11.0. The smallest absolute Gasteiger partial charge is 0.253 e. The van der Waals surface area contributed by atoms with E-state index in [1.54, 1.807) is 19.0 Å². The van der Waals surface area contributed by atoms with Crippen molar-refractivity contribution in [2.45, 2.75) is 18.9 Å². The largest absolute Gasteiger partial charge is 0.490 e. The van der Waals surface area contributed by atoms with Gasteiger partial charge in [-0.1, -0.05) is 0 Å². The number of nitrogens with one attached hydrogen (secondary N) is 1. The molecule has 0 aromatic heterocycles. The van der Waals surface area contributed by atoms with Crippen LogP contribution in [0, 0.1) is 0 Å². The molecule has 0 bridgehead atoms. The van der Waals surface area contributed by atoms with Crippen molar-refractivity contribution < 1.29 is 9.53 Å². The van der Waals surface area contributed by atoms with Gasteiger partial charge in [-0.3, -0.25) is 4.79 Å². The van der Waals surface area contributed by atoms with E-state index in [1.807, 2.05) is 24.3 Å². The molecule has 1 aliphatic heterocycles. The molecular formula is C14H20N2O2. The number of amides is 1. The molecule has 1 aromatic rings. The van der Waals surface area contributed by atoms with Crippen LogP contribution in [0.4, 0.5) is 0 Å². The molecule has 1 amide bonds. The minimum atomic E-state index is 0.0171. The first-order valence-electron chi connectivity index (χ1n) is 6.36. The Balaban J connectivity index is 1.96. The lowest BCUT2D eigenvalue weighted by Gasteiger charge is -2.23. The molecule has 1 aliphatic rings. The van der Waals surface area contributed by atoms with E-state index >= 15 is 0 Å². The number of ether oxygens (including phenoxy) is 1. The van der Waals surface area contributed by atoms with E-state index in [9.17, 15) is 4.79 Å². The van der Waals surface area contributed by atoms with E-state index in [-0.39, 0.29) is 5.91 Å². The Morgan fingerprint density at radius 1 is 1.22 bits per heavy atom. The van der Waals surface area contributed by atoms with Crippen molar-refractivity contribution in [2.24, 2.45) is 0 Å². The Bertz CT molecular complexity index is 395. The average molecular weight is 248 g/mol. The Morgan fingerprint density at radius 2 is 1.83 bits per heavy atom. The number of carbonyl (C=O) groups is 1. The Hall–Kier alpha value is -1.55. The van der Waals surface area contributed by atoms with E-state index in [1.165, 1.54) is 0 Å². The molecule has 0 atom stereocenters. The van der Waals surface area contributed by atoms with Crippen molar-refractivity contribution in [3.8, 4) is 5.75 Å². The molecule has 0 aliphatic carbocycles. The molecule has 98 valence electrons. The first-order chi connectivity index (χ1) is 8.66. The van der Waals surface area contributed by atoms with E-state index < -0.39 is 0 Å². The van der Waals surface area contributed by atoms with Gasteiger partial charge in [0.25, 0.3) is 5.91 Å². The molecule has 2 rings (SSSR count). The number of piperidine rings is 1.